The molecule has 0 bridgehead atoms. The van der Waals surface area contributed by atoms with Crippen LogP contribution in [-0.2, 0) is 65.4 Å². The Labute approximate surface area is 638 Å². The second-order valence-electron chi connectivity index (χ2n) is 31.5. The number of phosphoric acid groups is 2. The molecule has 0 aromatic heterocycles. The summed E-state index contributed by atoms with van der Waals surface area (Å²) < 4.78 is 68.8. The van der Waals surface area contributed by atoms with Crippen LogP contribution in [0.1, 0.15) is 452 Å². The van der Waals surface area contributed by atoms with Crippen molar-refractivity contribution in [2.45, 2.75) is 471 Å². The van der Waals surface area contributed by atoms with Crippen molar-refractivity contribution in [2.24, 2.45) is 11.8 Å². The van der Waals surface area contributed by atoms with Crippen LogP contribution in [0.25, 0.3) is 0 Å². The van der Waals surface area contributed by atoms with Gasteiger partial charge in [0.05, 0.1) is 26.4 Å². The van der Waals surface area contributed by atoms with Crippen molar-refractivity contribution in [3.05, 3.63) is 0 Å². The van der Waals surface area contributed by atoms with Gasteiger partial charge in [0, 0.05) is 25.7 Å². The molecule has 0 aromatic rings. The molecule has 2 unspecified atom stereocenters. The Morgan fingerprint density at radius 2 is 0.442 bits per heavy atom. The minimum absolute atomic E-state index is 0.106. The molecular weight excluding hydrogens is 1350 g/mol. The number of carbonyl (C=O) groups is 4. The van der Waals surface area contributed by atoms with E-state index in [0.717, 1.165) is 102 Å². The summed E-state index contributed by atoms with van der Waals surface area (Å²) in [6.07, 6.45) is 68.1. The van der Waals surface area contributed by atoms with Crippen molar-refractivity contribution < 1.29 is 80.2 Å². The molecule has 0 aromatic carbocycles. The molecule has 3 N–H and O–H groups in total. The van der Waals surface area contributed by atoms with Crippen LogP contribution in [0.2, 0.25) is 0 Å². The quantitative estimate of drug-likeness (QED) is 0.0222. The van der Waals surface area contributed by atoms with Gasteiger partial charge < -0.3 is 33.8 Å². The highest BCUT2D eigenvalue weighted by atomic mass is 31.2. The van der Waals surface area contributed by atoms with Gasteiger partial charge in [0.25, 0.3) is 0 Å². The lowest BCUT2D eigenvalue weighted by atomic mass is 10.0. The zero-order chi connectivity index (χ0) is 76.4. The van der Waals surface area contributed by atoms with Crippen LogP contribution in [0.5, 0.6) is 0 Å². The normalized spacial score (nSPS) is 13.8. The number of hydrogen-bond donors (Lipinski definition) is 3. The average molecular weight is 1520 g/mol. The predicted molar refractivity (Wildman–Crippen MR) is 428 cm³/mol. The van der Waals surface area contributed by atoms with E-state index < -0.39 is 97.5 Å². The van der Waals surface area contributed by atoms with Crippen LogP contribution in [0.4, 0.5) is 0 Å². The molecule has 0 spiro atoms. The molecule has 618 valence electrons. The lowest BCUT2D eigenvalue weighted by Gasteiger charge is -2.21. The maximum atomic E-state index is 13.1. The average Bonchev–Trinajstić information content (AvgIpc) is 0.911. The van der Waals surface area contributed by atoms with E-state index in [2.05, 4.69) is 41.5 Å². The number of ether oxygens (including phenoxy) is 4. The van der Waals surface area contributed by atoms with Gasteiger partial charge in [-0.05, 0) is 37.5 Å². The first kappa shape index (κ1) is 102. The summed E-state index contributed by atoms with van der Waals surface area (Å²) >= 11 is 0. The molecule has 0 heterocycles. The molecule has 5 atom stereocenters. The van der Waals surface area contributed by atoms with Crippen molar-refractivity contribution in [2.75, 3.05) is 39.6 Å². The summed E-state index contributed by atoms with van der Waals surface area (Å²) in [7, 11) is -9.92. The van der Waals surface area contributed by atoms with Crippen molar-refractivity contribution in [3.63, 3.8) is 0 Å². The van der Waals surface area contributed by atoms with Gasteiger partial charge in [-0.3, -0.25) is 37.3 Å². The van der Waals surface area contributed by atoms with Crippen LogP contribution < -0.4 is 0 Å². The van der Waals surface area contributed by atoms with Crippen molar-refractivity contribution in [3.8, 4) is 0 Å². The number of unbranched alkanes of at least 4 members (excludes halogenated alkanes) is 54. The maximum absolute atomic E-state index is 13.1. The number of aliphatic hydroxyl groups is 1. The molecule has 0 saturated carbocycles. The highest BCUT2D eigenvalue weighted by molar-refractivity contribution is 7.47. The van der Waals surface area contributed by atoms with E-state index in [1.165, 1.54) is 270 Å². The van der Waals surface area contributed by atoms with Crippen LogP contribution in [0.3, 0.4) is 0 Å². The molecule has 0 amide bonds. The third-order valence-electron chi connectivity index (χ3n) is 20.0. The number of carbonyl (C=O) groups excluding carboxylic acids is 4. The Morgan fingerprint density at radius 3 is 0.654 bits per heavy atom. The van der Waals surface area contributed by atoms with Crippen LogP contribution in [0.15, 0.2) is 0 Å². The van der Waals surface area contributed by atoms with Crippen molar-refractivity contribution in [1.29, 1.82) is 0 Å². The fourth-order valence-corrected chi connectivity index (χ4v) is 14.8. The highest BCUT2D eigenvalue weighted by Crippen LogP contribution is 2.45. The minimum atomic E-state index is -4.97. The molecule has 19 heteroatoms. The summed E-state index contributed by atoms with van der Waals surface area (Å²) in [5, 5.41) is 10.7. The van der Waals surface area contributed by atoms with Gasteiger partial charge in [-0.2, -0.15) is 0 Å². The van der Waals surface area contributed by atoms with Crippen LogP contribution in [0, 0.1) is 11.8 Å². The third-order valence-corrected chi connectivity index (χ3v) is 21.9. The summed E-state index contributed by atoms with van der Waals surface area (Å²) in [4.78, 5) is 73.2. The molecule has 0 fully saturated rings. The van der Waals surface area contributed by atoms with Gasteiger partial charge in [0.1, 0.15) is 19.3 Å². The lowest BCUT2D eigenvalue weighted by Crippen LogP contribution is -2.30. The van der Waals surface area contributed by atoms with Gasteiger partial charge in [-0.25, -0.2) is 9.13 Å². The summed E-state index contributed by atoms with van der Waals surface area (Å²) in [5.41, 5.74) is 0. The Kier molecular flexibility index (Phi) is 75.0. The van der Waals surface area contributed by atoms with Gasteiger partial charge in [-0.15, -0.1) is 0 Å². The molecule has 0 saturated heterocycles. The Hall–Kier alpha value is -1.94. The molecule has 0 radical (unpaired) electrons. The second kappa shape index (κ2) is 76.4. The highest BCUT2D eigenvalue weighted by Gasteiger charge is 2.30. The Bertz CT molecular complexity index is 1990. The summed E-state index contributed by atoms with van der Waals surface area (Å²) in [5.74, 6) is -0.547. The van der Waals surface area contributed by atoms with Gasteiger partial charge >= 0.3 is 39.5 Å². The van der Waals surface area contributed by atoms with Crippen LogP contribution >= 0.6 is 15.6 Å². The van der Waals surface area contributed by atoms with Crippen LogP contribution in [-0.4, -0.2) is 96.7 Å². The first-order chi connectivity index (χ1) is 50.4. The topological polar surface area (TPSA) is 237 Å². The van der Waals surface area contributed by atoms with Crippen molar-refractivity contribution >= 4 is 39.5 Å². The van der Waals surface area contributed by atoms with Crippen molar-refractivity contribution in [1.82, 2.24) is 0 Å². The Morgan fingerprint density at radius 1 is 0.260 bits per heavy atom. The third kappa shape index (κ3) is 78.2. The molecule has 0 aliphatic heterocycles. The van der Waals surface area contributed by atoms with E-state index in [-0.39, 0.29) is 25.7 Å². The standard InChI is InChI=1S/C85H166O17P2/c1-7-9-11-13-15-17-19-21-22-23-24-28-31-34-38-44-50-56-62-68-83(88)96-73-80(101-84(89)69-63-57-51-45-39-35-32-29-26-25-27-30-33-36-41-47-53-59-65-77(3)4)75-99-103(91,92)97-71-79(86)72-98-104(93,94)100-76-81(102-85(90)70-64-58-52-46-40-42-48-54-60-66-78(5)6)74-95-82(87)67-61-55-49-43-37-20-18-16-14-12-10-8-2/h77-81,86H,7-76H2,1-6H3,(H,91,92)(H,93,94)/t79-,80-,81-/m1/s1. The van der Waals surface area contributed by atoms with Gasteiger partial charge in [0.2, 0.25) is 0 Å². The summed E-state index contributed by atoms with van der Waals surface area (Å²) in [6.45, 7) is 9.67. The van der Waals surface area contributed by atoms with Gasteiger partial charge in [0.15, 0.2) is 12.2 Å². The summed E-state index contributed by atoms with van der Waals surface area (Å²) in [6, 6.07) is 0. The monoisotopic (exact) mass is 1520 g/mol. The number of hydrogen-bond acceptors (Lipinski definition) is 15. The molecule has 0 aliphatic carbocycles. The number of esters is 4. The minimum Gasteiger partial charge on any atom is -0.462 e. The molecule has 104 heavy (non-hydrogen) atoms. The Balaban J connectivity index is 5.22. The lowest BCUT2D eigenvalue weighted by molar-refractivity contribution is -0.161. The fraction of sp³-hybridized carbons (Fsp3) is 0.953. The van der Waals surface area contributed by atoms with E-state index in [9.17, 15) is 43.2 Å². The van der Waals surface area contributed by atoms with E-state index in [1.807, 2.05) is 0 Å². The first-order valence-electron chi connectivity index (χ1n) is 44.0. The number of aliphatic hydroxyl groups excluding tert-OH is 1. The number of phosphoric ester groups is 2. The first-order valence-corrected chi connectivity index (χ1v) is 47.0. The smallest absolute Gasteiger partial charge is 0.462 e. The predicted octanol–water partition coefficient (Wildman–Crippen LogP) is 25.8. The largest absolute Gasteiger partial charge is 0.472 e. The zero-order valence-corrected chi connectivity index (χ0v) is 70.1. The van der Waals surface area contributed by atoms with E-state index >= 15 is 0 Å². The number of rotatable bonds is 84. The van der Waals surface area contributed by atoms with E-state index in [0.29, 0.717) is 25.7 Å². The van der Waals surface area contributed by atoms with E-state index in [1.54, 1.807) is 0 Å². The fourth-order valence-electron chi connectivity index (χ4n) is 13.2. The molecule has 0 aliphatic rings. The second-order valence-corrected chi connectivity index (χ2v) is 34.4. The SMILES string of the molecule is CCCCCCCCCCCCCCCCCCCCCC(=O)OC[C@H](COP(=O)(O)OC[C@@H](O)COP(=O)(O)OC[C@@H](COC(=O)CCCCCCCCCCCCCC)OC(=O)CCCCCCCCCCCC(C)C)OC(=O)CCCCCCCCCCCCCCCCCCCCC(C)C. The maximum Gasteiger partial charge on any atom is 0.472 e. The van der Waals surface area contributed by atoms with Gasteiger partial charge in [-0.1, -0.05) is 401 Å². The molecule has 0 rings (SSSR count). The van der Waals surface area contributed by atoms with E-state index in [4.69, 9.17) is 37.0 Å². The molecular formula is C85H166O17P2. The zero-order valence-electron chi connectivity index (χ0n) is 68.3. The molecule has 17 nitrogen and oxygen atoms in total.